The largest absolute Gasteiger partial charge is 0.328 e. The van der Waals surface area contributed by atoms with E-state index >= 15 is 8.78 Å². The summed E-state index contributed by atoms with van der Waals surface area (Å²) in [5.74, 6) is -2.88. The third kappa shape index (κ3) is 5.40. The van der Waals surface area contributed by atoms with Gasteiger partial charge in [-0.05, 0) is 57.4 Å². The highest BCUT2D eigenvalue weighted by Crippen LogP contribution is 2.38. The maximum absolute atomic E-state index is 15.1. The quantitative estimate of drug-likeness (QED) is 0.688. The Morgan fingerprint density at radius 1 is 1.00 bits per heavy atom. The Hall–Kier alpha value is -1.73. The number of likely N-dealkylation sites (tertiary alicyclic amines) is 1. The number of nitrogens with zero attached hydrogens (tertiary/aromatic N) is 3. The first-order chi connectivity index (χ1) is 16.1. The summed E-state index contributed by atoms with van der Waals surface area (Å²) in [6, 6.07) is 7.33. The molecule has 0 bridgehead atoms. The molecule has 34 heavy (non-hydrogen) atoms. The van der Waals surface area contributed by atoms with Crippen molar-refractivity contribution in [2.45, 2.75) is 89.3 Å². The van der Waals surface area contributed by atoms with Crippen molar-refractivity contribution >= 4 is 6.03 Å². The molecule has 2 saturated heterocycles. The molecule has 2 aliphatic heterocycles. The van der Waals surface area contributed by atoms with Gasteiger partial charge in [0, 0.05) is 57.8 Å². The molecule has 7 heteroatoms. The first kappa shape index (κ1) is 25.4. The minimum absolute atomic E-state index is 0.0118. The average Bonchev–Trinajstić information content (AvgIpc) is 2.81. The Bertz CT molecular complexity index is 828. The zero-order valence-corrected chi connectivity index (χ0v) is 21.3. The number of urea groups is 1. The number of carbonyl (C=O) groups excluding carboxylic acids is 1. The van der Waals surface area contributed by atoms with Gasteiger partial charge in [-0.25, -0.2) is 13.6 Å². The lowest BCUT2D eigenvalue weighted by molar-refractivity contribution is -0.0973. The first-order valence-corrected chi connectivity index (χ1v) is 13.1. The van der Waals surface area contributed by atoms with E-state index in [1.54, 1.807) is 4.90 Å². The van der Waals surface area contributed by atoms with E-state index < -0.39 is 12.0 Å². The molecular formula is C27H42F2N4O. The van der Waals surface area contributed by atoms with Crippen molar-refractivity contribution < 1.29 is 13.6 Å². The molecule has 2 atom stereocenters. The van der Waals surface area contributed by atoms with Crippen LogP contribution >= 0.6 is 0 Å². The molecule has 0 radical (unpaired) electrons. The number of aryl methyl sites for hydroxylation is 1. The topological polar surface area (TPSA) is 38.8 Å². The van der Waals surface area contributed by atoms with Crippen molar-refractivity contribution in [2.75, 3.05) is 39.3 Å². The van der Waals surface area contributed by atoms with Crippen LogP contribution in [0.25, 0.3) is 0 Å². The lowest BCUT2D eigenvalue weighted by Crippen LogP contribution is -2.66. The van der Waals surface area contributed by atoms with Crippen LogP contribution in [0.5, 0.6) is 0 Å². The number of carbonyl (C=O) groups is 1. The second-order valence-electron chi connectivity index (χ2n) is 11.2. The lowest BCUT2D eigenvalue weighted by atomic mass is 9.74. The van der Waals surface area contributed by atoms with Crippen LogP contribution in [0.15, 0.2) is 24.3 Å². The number of rotatable bonds is 4. The molecule has 5 nitrogen and oxygen atoms in total. The molecule has 3 aliphatic rings. The fourth-order valence-corrected chi connectivity index (χ4v) is 6.00. The van der Waals surface area contributed by atoms with Gasteiger partial charge in [0.15, 0.2) is 0 Å². The monoisotopic (exact) mass is 476 g/mol. The molecule has 4 rings (SSSR count). The molecule has 3 fully saturated rings. The predicted octanol–water partition coefficient (Wildman–Crippen LogP) is 4.64. The number of hydrogen-bond acceptors (Lipinski definition) is 3. The van der Waals surface area contributed by atoms with Crippen molar-refractivity contribution in [1.29, 1.82) is 0 Å². The average molecular weight is 477 g/mol. The number of benzene rings is 1. The molecule has 2 amide bonds. The molecule has 0 spiro atoms. The Morgan fingerprint density at radius 3 is 2.21 bits per heavy atom. The number of alkyl halides is 2. The Morgan fingerprint density at radius 2 is 1.62 bits per heavy atom. The standard InChI is InChI=1S/C27H42F2N4O/c1-20(2)31-16-18-32(19-17-31)23-6-5-11-27(28,29)24(23)30-25(34)33-14-12-26(4,13-15-33)22-9-7-21(3)8-10-22/h7-10,20,23-24H,5-6,11-19H2,1-4H3,(H,30,34). The van der Waals surface area contributed by atoms with Gasteiger partial charge in [-0.3, -0.25) is 9.80 Å². The van der Waals surface area contributed by atoms with Gasteiger partial charge in [-0.1, -0.05) is 36.8 Å². The molecule has 1 saturated carbocycles. The second-order valence-corrected chi connectivity index (χ2v) is 11.2. The third-order valence-electron chi connectivity index (χ3n) is 8.58. The van der Waals surface area contributed by atoms with Gasteiger partial charge in [0.2, 0.25) is 0 Å². The van der Waals surface area contributed by atoms with Crippen LogP contribution in [-0.2, 0) is 5.41 Å². The summed E-state index contributed by atoms with van der Waals surface area (Å²) in [5, 5.41) is 2.82. The SMILES string of the molecule is Cc1ccc(C2(C)CCN(C(=O)NC3C(N4CCN(C(C)C)CC4)CCCC3(F)F)CC2)cc1. The zero-order chi connectivity index (χ0) is 24.5. The van der Waals surface area contributed by atoms with Crippen LogP contribution in [0.4, 0.5) is 13.6 Å². The Kier molecular flexibility index (Phi) is 7.53. The highest BCUT2D eigenvalue weighted by Gasteiger charge is 2.50. The van der Waals surface area contributed by atoms with Gasteiger partial charge in [0.05, 0.1) is 0 Å². The number of piperazine rings is 1. The molecule has 1 N–H and O–H groups in total. The number of amides is 2. The van der Waals surface area contributed by atoms with Crippen LogP contribution in [0.3, 0.4) is 0 Å². The van der Waals surface area contributed by atoms with Crippen molar-refractivity contribution in [1.82, 2.24) is 20.0 Å². The minimum atomic E-state index is -2.88. The van der Waals surface area contributed by atoms with E-state index in [1.165, 1.54) is 11.1 Å². The van der Waals surface area contributed by atoms with Crippen LogP contribution in [0, 0.1) is 6.92 Å². The van der Waals surface area contributed by atoms with Crippen LogP contribution in [0.2, 0.25) is 0 Å². The first-order valence-electron chi connectivity index (χ1n) is 13.1. The van der Waals surface area contributed by atoms with E-state index in [0.717, 1.165) is 39.0 Å². The van der Waals surface area contributed by atoms with E-state index in [1.807, 2.05) is 0 Å². The molecule has 0 aromatic heterocycles. The summed E-state index contributed by atoms with van der Waals surface area (Å²) in [6.07, 6.45) is 2.75. The number of nitrogens with one attached hydrogen (secondary N) is 1. The zero-order valence-electron chi connectivity index (χ0n) is 21.3. The van der Waals surface area contributed by atoms with Gasteiger partial charge in [-0.2, -0.15) is 0 Å². The number of hydrogen-bond donors (Lipinski definition) is 1. The maximum atomic E-state index is 15.1. The Balaban J connectivity index is 1.38. The lowest BCUT2D eigenvalue weighted by Gasteiger charge is -2.48. The van der Waals surface area contributed by atoms with Crippen molar-refractivity contribution in [3.8, 4) is 0 Å². The van der Waals surface area contributed by atoms with Gasteiger partial charge >= 0.3 is 6.03 Å². The van der Waals surface area contributed by atoms with Crippen LogP contribution < -0.4 is 5.32 Å². The highest BCUT2D eigenvalue weighted by molar-refractivity contribution is 5.75. The van der Waals surface area contributed by atoms with Gasteiger partial charge < -0.3 is 10.2 Å². The maximum Gasteiger partial charge on any atom is 0.317 e. The summed E-state index contributed by atoms with van der Waals surface area (Å²) in [4.78, 5) is 19.5. The van der Waals surface area contributed by atoms with Gasteiger partial charge in [0.1, 0.15) is 6.04 Å². The summed E-state index contributed by atoms with van der Waals surface area (Å²) in [7, 11) is 0. The summed E-state index contributed by atoms with van der Waals surface area (Å²) in [5.41, 5.74) is 2.54. The molecule has 190 valence electrons. The molecular weight excluding hydrogens is 434 g/mol. The smallest absolute Gasteiger partial charge is 0.317 e. The van der Waals surface area contributed by atoms with Crippen LogP contribution in [-0.4, -0.2) is 84.0 Å². The van der Waals surface area contributed by atoms with E-state index in [0.29, 0.717) is 32.0 Å². The van der Waals surface area contributed by atoms with E-state index in [2.05, 4.69) is 67.1 Å². The predicted molar refractivity (Wildman–Crippen MR) is 133 cm³/mol. The fraction of sp³-hybridized carbons (Fsp3) is 0.741. The Labute approximate surface area is 203 Å². The molecule has 2 heterocycles. The molecule has 1 aliphatic carbocycles. The van der Waals surface area contributed by atoms with E-state index in [-0.39, 0.29) is 23.9 Å². The highest BCUT2D eigenvalue weighted by atomic mass is 19.3. The summed E-state index contributed by atoms with van der Waals surface area (Å²) >= 11 is 0. The van der Waals surface area contributed by atoms with Crippen LogP contribution in [0.1, 0.15) is 64.0 Å². The van der Waals surface area contributed by atoms with Crippen molar-refractivity contribution in [2.24, 2.45) is 0 Å². The van der Waals surface area contributed by atoms with Gasteiger partial charge in [0.25, 0.3) is 5.92 Å². The third-order valence-corrected chi connectivity index (χ3v) is 8.58. The normalized spacial score (nSPS) is 28.1. The number of halogens is 2. The summed E-state index contributed by atoms with van der Waals surface area (Å²) < 4.78 is 30.2. The summed E-state index contributed by atoms with van der Waals surface area (Å²) in [6.45, 7) is 13.2. The molecule has 1 aromatic carbocycles. The van der Waals surface area contributed by atoms with E-state index in [4.69, 9.17) is 0 Å². The number of piperidine rings is 1. The fourth-order valence-electron chi connectivity index (χ4n) is 6.00. The van der Waals surface area contributed by atoms with Crippen molar-refractivity contribution in [3.63, 3.8) is 0 Å². The second kappa shape index (κ2) is 10.1. The van der Waals surface area contributed by atoms with Gasteiger partial charge in [-0.15, -0.1) is 0 Å². The molecule has 2 unspecified atom stereocenters. The van der Waals surface area contributed by atoms with E-state index in [9.17, 15) is 4.79 Å². The molecule has 1 aromatic rings. The minimum Gasteiger partial charge on any atom is -0.328 e. The van der Waals surface area contributed by atoms with Crippen molar-refractivity contribution in [3.05, 3.63) is 35.4 Å².